The van der Waals surface area contributed by atoms with Gasteiger partial charge in [-0.3, -0.25) is 0 Å². The van der Waals surface area contributed by atoms with Crippen LogP contribution in [0.15, 0.2) is 42.6 Å². The van der Waals surface area contributed by atoms with Crippen LogP contribution in [0.1, 0.15) is 16.7 Å². The third-order valence-electron chi connectivity index (χ3n) is 2.73. The number of hydrogen-bond donors (Lipinski definition) is 1. The number of alkyl halides is 3. The highest BCUT2D eigenvalue weighted by Crippen LogP contribution is 2.29. The van der Waals surface area contributed by atoms with Gasteiger partial charge in [0.2, 0.25) is 0 Å². The van der Waals surface area contributed by atoms with Crippen LogP contribution in [0.3, 0.4) is 0 Å². The van der Waals surface area contributed by atoms with Gasteiger partial charge >= 0.3 is 6.18 Å². The van der Waals surface area contributed by atoms with Crippen LogP contribution in [0.4, 0.5) is 13.2 Å². The highest BCUT2D eigenvalue weighted by atomic mass is 35.5. The van der Waals surface area contributed by atoms with Crippen LogP contribution < -0.4 is 5.32 Å². The van der Waals surface area contributed by atoms with E-state index in [2.05, 4.69) is 10.3 Å². The van der Waals surface area contributed by atoms with Crippen LogP contribution in [0.25, 0.3) is 0 Å². The van der Waals surface area contributed by atoms with Gasteiger partial charge in [-0.15, -0.1) is 0 Å². The molecule has 0 aliphatic carbocycles. The molecule has 1 aromatic heterocycles. The number of nitrogens with zero attached hydrogens (tertiary/aromatic N) is 1. The van der Waals surface area contributed by atoms with Gasteiger partial charge in [0, 0.05) is 19.3 Å². The van der Waals surface area contributed by atoms with E-state index in [-0.39, 0.29) is 0 Å². The normalized spacial score (nSPS) is 11.6. The lowest BCUT2D eigenvalue weighted by atomic mass is 10.1. The predicted octanol–water partition coefficient (Wildman–Crippen LogP) is 4.04. The molecule has 2 rings (SSSR count). The highest BCUT2D eigenvalue weighted by Gasteiger charge is 2.29. The van der Waals surface area contributed by atoms with Crippen LogP contribution in [-0.4, -0.2) is 4.98 Å². The summed E-state index contributed by atoms with van der Waals surface area (Å²) in [6, 6.07) is 8.64. The summed E-state index contributed by atoms with van der Waals surface area (Å²) in [7, 11) is 0. The first-order chi connectivity index (χ1) is 9.45. The van der Waals surface area contributed by atoms with E-state index in [1.54, 1.807) is 12.3 Å². The van der Waals surface area contributed by atoms with Gasteiger partial charge in [0.25, 0.3) is 0 Å². The molecule has 0 saturated carbocycles. The summed E-state index contributed by atoms with van der Waals surface area (Å²) in [5.74, 6) is 0. The van der Waals surface area contributed by atoms with E-state index in [9.17, 15) is 13.2 Å². The quantitative estimate of drug-likeness (QED) is 0.862. The lowest BCUT2D eigenvalue weighted by molar-refractivity contribution is -0.137. The Morgan fingerprint density at radius 2 is 1.55 bits per heavy atom. The van der Waals surface area contributed by atoms with Crippen LogP contribution in [-0.2, 0) is 19.3 Å². The lowest BCUT2D eigenvalue weighted by Gasteiger charge is -2.08. The second-order valence-electron chi connectivity index (χ2n) is 4.29. The molecule has 0 saturated heterocycles. The van der Waals surface area contributed by atoms with Crippen molar-refractivity contribution in [3.05, 3.63) is 64.4 Å². The summed E-state index contributed by atoms with van der Waals surface area (Å²) in [6.45, 7) is 1.06. The van der Waals surface area contributed by atoms with Crippen molar-refractivity contribution in [2.24, 2.45) is 0 Å². The molecule has 0 bridgehead atoms. The number of halogens is 4. The Labute approximate surface area is 119 Å². The molecule has 0 aliphatic rings. The molecule has 0 atom stereocenters. The number of rotatable bonds is 4. The van der Waals surface area contributed by atoms with Crippen LogP contribution in [0.5, 0.6) is 0 Å². The second kappa shape index (κ2) is 6.24. The largest absolute Gasteiger partial charge is 0.416 e. The van der Waals surface area contributed by atoms with Gasteiger partial charge in [0.05, 0.1) is 5.56 Å². The maximum absolute atomic E-state index is 12.4. The minimum atomic E-state index is -4.29. The van der Waals surface area contributed by atoms with E-state index in [1.165, 1.54) is 12.1 Å². The zero-order valence-electron chi connectivity index (χ0n) is 10.4. The van der Waals surface area contributed by atoms with Gasteiger partial charge in [0.1, 0.15) is 5.15 Å². The third kappa shape index (κ3) is 4.21. The fourth-order valence-corrected chi connectivity index (χ4v) is 1.79. The standard InChI is InChI=1S/C14H12ClF3N2/c15-13-6-3-11(9-20-13)8-19-7-10-1-4-12(5-2-10)14(16,17)18/h1-6,9,19H,7-8H2. The van der Waals surface area contributed by atoms with E-state index in [1.807, 2.05) is 6.07 Å². The van der Waals surface area contributed by atoms with Crippen molar-refractivity contribution < 1.29 is 13.2 Å². The monoisotopic (exact) mass is 300 g/mol. The average Bonchev–Trinajstić information content (AvgIpc) is 2.41. The topological polar surface area (TPSA) is 24.9 Å². The van der Waals surface area contributed by atoms with Crippen molar-refractivity contribution in [3.8, 4) is 0 Å². The van der Waals surface area contributed by atoms with E-state index in [0.717, 1.165) is 23.3 Å². The molecule has 0 radical (unpaired) electrons. The van der Waals surface area contributed by atoms with Crippen LogP contribution in [0, 0.1) is 0 Å². The highest BCUT2D eigenvalue weighted by molar-refractivity contribution is 6.29. The lowest BCUT2D eigenvalue weighted by Crippen LogP contribution is -2.13. The Balaban J connectivity index is 1.87. The minimum absolute atomic E-state index is 0.427. The summed E-state index contributed by atoms with van der Waals surface area (Å²) in [4.78, 5) is 3.94. The molecule has 0 amide bonds. The number of aromatic nitrogens is 1. The molecule has 6 heteroatoms. The van der Waals surface area contributed by atoms with Crippen molar-refractivity contribution in [2.75, 3.05) is 0 Å². The van der Waals surface area contributed by atoms with Crippen molar-refractivity contribution in [1.82, 2.24) is 10.3 Å². The van der Waals surface area contributed by atoms with Crippen molar-refractivity contribution in [2.45, 2.75) is 19.3 Å². The minimum Gasteiger partial charge on any atom is -0.309 e. The maximum Gasteiger partial charge on any atom is 0.416 e. The molecule has 2 nitrogen and oxygen atoms in total. The molecule has 1 N–H and O–H groups in total. The molecule has 106 valence electrons. The molecule has 0 aliphatic heterocycles. The van der Waals surface area contributed by atoms with E-state index < -0.39 is 11.7 Å². The zero-order chi connectivity index (χ0) is 14.6. The number of nitrogens with one attached hydrogen (secondary N) is 1. The molecular weight excluding hydrogens is 289 g/mol. The molecule has 0 spiro atoms. The average molecular weight is 301 g/mol. The smallest absolute Gasteiger partial charge is 0.309 e. The molecule has 0 unspecified atom stereocenters. The second-order valence-corrected chi connectivity index (χ2v) is 4.67. The Morgan fingerprint density at radius 1 is 0.950 bits per heavy atom. The van der Waals surface area contributed by atoms with Crippen LogP contribution in [0.2, 0.25) is 5.15 Å². The Morgan fingerprint density at radius 3 is 2.10 bits per heavy atom. The number of pyridine rings is 1. The summed E-state index contributed by atoms with van der Waals surface area (Å²) in [6.07, 6.45) is -2.64. The van der Waals surface area contributed by atoms with Gasteiger partial charge in [-0.05, 0) is 29.3 Å². The summed E-state index contributed by atoms with van der Waals surface area (Å²) < 4.78 is 37.2. The number of benzene rings is 1. The molecular formula is C14H12ClF3N2. The van der Waals surface area contributed by atoms with E-state index in [0.29, 0.717) is 18.2 Å². The first kappa shape index (κ1) is 14.8. The van der Waals surface area contributed by atoms with Gasteiger partial charge in [0.15, 0.2) is 0 Å². The van der Waals surface area contributed by atoms with Crippen molar-refractivity contribution in [3.63, 3.8) is 0 Å². The Kier molecular flexibility index (Phi) is 4.62. The first-order valence-corrected chi connectivity index (χ1v) is 6.30. The maximum atomic E-state index is 12.4. The van der Waals surface area contributed by atoms with Gasteiger partial charge in [-0.1, -0.05) is 29.8 Å². The SMILES string of the molecule is FC(F)(F)c1ccc(CNCc2ccc(Cl)nc2)cc1. The molecule has 0 fully saturated rings. The Hall–Kier alpha value is -1.59. The molecule has 2 aromatic rings. The van der Waals surface area contributed by atoms with Gasteiger partial charge < -0.3 is 5.32 Å². The number of hydrogen-bond acceptors (Lipinski definition) is 2. The molecule has 1 aromatic carbocycles. The first-order valence-electron chi connectivity index (χ1n) is 5.92. The predicted molar refractivity (Wildman–Crippen MR) is 71.2 cm³/mol. The summed E-state index contributed by atoms with van der Waals surface area (Å²) >= 11 is 5.67. The van der Waals surface area contributed by atoms with E-state index >= 15 is 0 Å². The third-order valence-corrected chi connectivity index (χ3v) is 2.95. The fourth-order valence-electron chi connectivity index (χ4n) is 1.67. The summed E-state index contributed by atoms with van der Waals surface area (Å²) in [5.41, 5.74) is 1.12. The summed E-state index contributed by atoms with van der Waals surface area (Å²) in [5, 5.41) is 3.56. The fraction of sp³-hybridized carbons (Fsp3) is 0.214. The zero-order valence-corrected chi connectivity index (χ0v) is 11.2. The Bertz CT molecular complexity index is 550. The van der Waals surface area contributed by atoms with Crippen molar-refractivity contribution in [1.29, 1.82) is 0 Å². The van der Waals surface area contributed by atoms with Crippen molar-refractivity contribution >= 4 is 11.6 Å². The van der Waals surface area contributed by atoms with Crippen LogP contribution >= 0.6 is 11.6 Å². The molecule has 1 heterocycles. The van der Waals surface area contributed by atoms with Gasteiger partial charge in [-0.25, -0.2) is 4.98 Å². The van der Waals surface area contributed by atoms with E-state index in [4.69, 9.17) is 11.6 Å². The molecule has 20 heavy (non-hydrogen) atoms. The van der Waals surface area contributed by atoms with Gasteiger partial charge in [-0.2, -0.15) is 13.2 Å².